The van der Waals surface area contributed by atoms with Gasteiger partial charge in [-0.25, -0.2) is 4.98 Å². The zero-order chi connectivity index (χ0) is 22.0. The fourth-order valence-corrected chi connectivity index (χ4v) is 4.59. The van der Waals surface area contributed by atoms with E-state index < -0.39 is 0 Å². The van der Waals surface area contributed by atoms with E-state index >= 15 is 0 Å². The fraction of sp³-hybridized carbons (Fsp3) is 0.519. The third-order valence-electron chi connectivity index (χ3n) is 6.53. The van der Waals surface area contributed by atoms with Crippen molar-refractivity contribution < 1.29 is 0 Å². The van der Waals surface area contributed by atoms with Crippen LogP contribution in [0, 0.1) is 6.92 Å². The summed E-state index contributed by atoms with van der Waals surface area (Å²) in [6.07, 6.45) is 11.5. The van der Waals surface area contributed by atoms with E-state index in [1.165, 1.54) is 61.8 Å². The van der Waals surface area contributed by atoms with Crippen LogP contribution in [-0.4, -0.2) is 41.6 Å². The van der Waals surface area contributed by atoms with Gasteiger partial charge in [-0.2, -0.15) is 0 Å². The molecule has 2 heterocycles. The number of aryl methyl sites for hydroxylation is 1. The zero-order valence-electron chi connectivity index (χ0n) is 21.2. The summed E-state index contributed by atoms with van der Waals surface area (Å²) in [7, 11) is 0. The van der Waals surface area contributed by atoms with Gasteiger partial charge in [-0.05, 0) is 57.8 Å². The molecule has 0 spiro atoms. The predicted molar refractivity (Wildman–Crippen MR) is 163 cm³/mol. The Bertz CT molecular complexity index is 958. The molecule has 5 nitrogen and oxygen atoms in total. The molecule has 36 heavy (non-hydrogen) atoms. The second kappa shape index (κ2) is 19.1. The molecule has 4 rings (SSSR count). The SMILES string of the molecule is Cc1ccc(-c2cn3c(CNCCCCNCCNC4CCCCC4)cccc3n2)cc1.Cl.Cl.Cl.Cl. The van der Waals surface area contributed by atoms with Crippen molar-refractivity contribution in [2.24, 2.45) is 0 Å². The third-order valence-corrected chi connectivity index (χ3v) is 6.53. The lowest BCUT2D eigenvalue weighted by molar-refractivity contribution is 0.372. The van der Waals surface area contributed by atoms with E-state index in [1.54, 1.807) is 0 Å². The van der Waals surface area contributed by atoms with Gasteiger partial charge in [0, 0.05) is 43.1 Å². The van der Waals surface area contributed by atoms with E-state index in [9.17, 15) is 0 Å². The first-order valence-corrected chi connectivity index (χ1v) is 12.5. The second-order valence-electron chi connectivity index (χ2n) is 9.16. The lowest BCUT2D eigenvalue weighted by Crippen LogP contribution is -2.36. The first-order chi connectivity index (χ1) is 15.8. The maximum atomic E-state index is 4.82. The molecule has 0 bridgehead atoms. The lowest BCUT2D eigenvalue weighted by atomic mass is 9.95. The van der Waals surface area contributed by atoms with Gasteiger partial charge in [0.05, 0.1) is 5.69 Å². The summed E-state index contributed by atoms with van der Waals surface area (Å²) in [5.41, 5.74) is 5.72. The molecule has 1 aliphatic carbocycles. The highest BCUT2D eigenvalue weighted by molar-refractivity contribution is 5.86. The lowest BCUT2D eigenvalue weighted by Gasteiger charge is -2.22. The minimum atomic E-state index is 0. The molecule has 0 unspecified atom stereocenters. The van der Waals surface area contributed by atoms with Gasteiger partial charge < -0.3 is 20.4 Å². The number of nitrogens with zero attached hydrogens (tertiary/aromatic N) is 2. The highest BCUT2D eigenvalue weighted by atomic mass is 35.5. The molecule has 3 N–H and O–H groups in total. The molecule has 1 fully saturated rings. The summed E-state index contributed by atoms with van der Waals surface area (Å²) in [4.78, 5) is 4.82. The molecule has 0 atom stereocenters. The van der Waals surface area contributed by atoms with Crippen LogP contribution in [0.5, 0.6) is 0 Å². The minimum absolute atomic E-state index is 0. The third kappa shape index (κ3) is 10.7. The molecule has 1 aliphatic rings. The zero-order valence-corrected chi connectivity index (χ0v) is 24.5. The van der Waals surface area contributed by atoms with Crippen LogP contribution in [0.2, 0.25) is 0 Å². The van der Waals surface area contributed by atoms with Crippen LogP contribution in [0.15, 0.2) is 48.7 Å². The van der Waals surface area contributed by atoms with Gasteiger partial charge in [-0.15, -0.1) is 49.6 Å². The van der Waals surface area contributed by atoms with Crippen LogP contribution in [0.25, 0.3) is 16.9 Å². The average Bonchev–Trinajstić information content (AvgIpc) is 3.26. The largest absolute Gasteiger partial charge is 0.315 e. The Morgan fingerprint density at radius 1 is 0.806 bits per heavy atom. The van der Waals surface area contributed by atoms with Crippen LogP contribution in [0.3, 0.4) is 0 Å². The topological polar surface area (TPSA) is 53.4 Å². The first kappa shape index (κ1) is 35.0. The molecule has 1 saturated carbocycles. The van der Waals surface area contributed by atoms with Gasteiger partial charge >= 0.3 is 0 Å². The number of halogens is 4. The van der Waals surface area contributed by atoms with E-state index in [1.807, 2.05) is 0 Å². The van der Waals surface area contributed by atoms with Crippen molar-refractivity contribution in [3.05, 3.63) is 59.9 Å². The Kier molecular flexibility index (Phi) is 18.5. The molecule has 1 aromatic carbocycles. The number of nitrogens with one attached hydrogen (secondary N) is 3. The van der Waals surface area contributed by atoms with Crippen LogP contribution in [-0.2, 0) is 6.54 Å². The Morgan fingerprint density at radius 3 is 2.22 bits per heavy atom. The fourth-order valence-electron chi connectivity index (χ4n) is 4.59. The second-order valence-corrected chi connectivity index (χ2v) is 9.16. The maximum absolute atomic E-state index is 4.82. The number of rotatable bonds is 12. The first-order valence-electron chi connectivity index (χ1n) is 12.5. The summed E-state index contributed by atoms with van der Waals surface area (Å²) in [5.74, 6) is 0. The molecule has 0 saturated heterocycles. The number of imidazole rings is 1. The molecular weight excluding hydrogens is 536 g/mol. The Hall–Kier alpha value is -1.05. The van der Waals surface area contributed by atoms with E-state index in [0.29, 0.717) is 0 Å². The van der Waals surface area contributed by atoms with E-state index in [-0.39, 0.29) is 49.6 Å². The van der Waals surface area contributed by atoms with Crippen LogP contribution in [0.4, 0.5) is 0 Å². The van der Waals surface area contributed by atoms with E-state index in [2.05, 4.69) is 75.9 Å². The molecule has 0 radical (unpaired) electrons. The predicted octanol–water partition coefficient (Wildman–Crippen LogP) is 6.38. The molecular formula is C27H43Cl4N5. The molecule has 0 aliphatic heterocycles. The van der Waals surface area contributed by atoms with Crippen molar-refractivity contribution in [3.63, 3.8) is 0 Å². The standard InChI is InChI=1S/C27H39N5.4ClH/c1-22-12-14-23(15-13-22)26-21-32-25(10-7-11-27(32)31-26)20-29-17-6-5-16-28-18-19-30-24-8-3-2-4-9-24;;;;/h7,10-15,21,24,28-30H,2-6,8-9,16-20H2,1H3;4*1H. The quantitative estimate of drug-likeness (QED) is 0.218. The van der Waals surface area contributed by atoms with Crippen molar-refractivity contribution >= 4 is 55.3 Å². The monoisotopic (exact) mass is 577 g/mol. The molecule has 0 amide bonds. The average molecular weight is 579 g/mol. The van der Waals surface area contributed by atoms with Crippen molar-refractivity contribution in [1.82, 2.24) is 25.3 Å². The number of benzene rings is 1. The van der Waals surface area contributed by atoms with Gasteiger partial charge in [-0.1, -0.05) is 55.2 Å². The Balaban J connectivity index is 0.00000306. The highest BCUT2D eigenvalue weighted by Crippen LogP contribution is 2.21. The Labute approximate surface area is 241 Å². The van der Waals surface area contributed by atoms with Crippen molar-refractivity contribution in [1.29, 1.82) is 0 Å². The number of pyridine rings is 1. The molecule has 3 aromatic rings. The van der Waals surface area contributed by atoms with Crippen LogP contribution >= 0.6 is 49.6 Å². The van der Waals surface area contributed by atoms with Gasteiger partial charge in [0.15, 0.2) is 0 Å². The van der Waals surface area contributed by atoms with Gasteiger partial charge in [0.1, 0.15) is 5.65 Å². The van der Waals surface area contributed by atoms with Crippen molar-refractivity contribution in [2.75, 3.05) is 26.2 Å². The molecule has 9 heteroatoms. The highest BCUT2D eigenvalue weighted by Gasteiger charge is 2.11. The maximum Gasteiger partial charge on any atom is 0.137 e. The van der Waals surface area contributed by atoms with E-state index in [0.717, 1.165) is 50.1 Å². The van der Waals surface area contributed by atoms with Gasteiger partial charge in [0.25, 0.3) is 0 Å². The van der Waals surface area contributed by atoms with Crippen LogP contribution in [0.1, 0.15) is 56.2 Å². The summed E-state index contributed by atoms with van der Waals surface area (Å²) < 4.78 is 2.21. The summed E-state index contributed by atoms with van der Waals surface area (Å²) in [5, 5.41) is 10.9. The number of hydrogen-bond acceptors (Lipinski definition) is 4. The summed E-state index contributed by atoms with van der Waals surface area (Å²) in [6, 6.07) is 15.7. The van der Waals surface area contributed by atoms with Crippen molar-refractivity contribution in [3.8, 4) is 11.3 Å². The summed E-state index contributed by atoms with van der Waals surface area (Å²) in [6.45, 7) is 7.30. The minimum Gasteiger partial charge on any atom is -0.315 e. The Morgan fingerprint density at radius 2 is 1.50 bits per heavy atom. The van der Waals surface area contributed by atoms with Crippen LogP contribution < -0.4 is 16.0 Å². The van der Waals surface area contributed by atoms with Gasteiger partial charge in [0.2, 0.25) is 0 Å². The number of unbranched alkanes of at least 4 members (excludes halogenated alkanes) is 1. The summed E-state index contributed by atoms with van der Waals surface area (Å²) >= 11 is 0. The number of hydrogen-bond donors (Lipinski definition) is 3. The normalized spacial score (nSPS) is 13.2. The van der Waals surface area contributed by atoms with Crippen molar-refractivity contribution in [2.45, 2.75) is 64.5 Å². The van der Waals surface area contributed by atoms with E-state index in [4.69, 9.17) is 4.98 Å². The van der Waals surface area contributed by atoms with Gasteiger partial charge in [-0.3, -0.25) is 0 Å². The molecule has 204 valence electrons. The number of fused-ring (bicyclic) bond motifs is 1. The molecule has 2 aromatic heterocycles. The number of aromatic nitrogens is 2. The smallest absolute Gasteiger partial charge is 0.137 e.